The average molecular weight is 312 g/mol. The summed E-state index contributed by atoms with van der Waals surface area (Å²) in [6, 6.07) is 0. The number of esters is 2. The van der Waals surface area contributed by atoms with Gasteiger partial charge in [-0.25, -0.2) is 9.59 Å². The zero-order chi connectivity index (χ0) is 16.5. The van der Waals surface area contributed by atoms with Crippen LogP contribution in [0.5, 0.6) is 0 Å². The standard InChI is InChI=1S/C16H24O6/c1-3-9-19-11-5-13-21-15(17)7-8-16(18)22-14-6-12-20-10-4-2/h3-4,7-8H,1-2,5-6,9-14H2/b8-7+. The smallest absolute Gasteiger partial charge is 0.331 e. The van der Waals surface area contributed by atoms with Crippen molar-refractivity contribution in [2.75, 3.05) is 39.6 Å². The van der Waals surface area contributed by atoms with Gasteiger partial charge in [0.2, 0.25) is 0 Å². The highest BCUT2D eigenvalue weighted by molar-refractivity contribution is 5.91. The minimum absolute atomic E-state index is 0.232. The predicted octanol–water partition coefficient (Wildman–Crippen LogP) is 1.81. The number of carbonyl (C=O) groups is 2. The van der Waals surface area contributed by atoms with Crippen molar-refractivity contribution < 1.29 is 28.5 Å². The largest absolute Gasteiger partial charge is 0.462 e. The summed E-state index contributed by atoms with van der Waals surface area (Å²) in [5.74, 6) is -1.18. The Kier molecular flexibility index (Phi) is 14.1. The molecule has 0 N–H and O–H groups in total. The minimum atomic E-state index is -0.588. The summed E-state index contributed by atoms with van der Waals surface area (Å²) >= 11 is 0. The highest BCUT2D eigenvalue weighted by atomic mass is 16.5. The molecule has 0 bridgehead atoms. The van der Waals surface area contributed by atoms with E-state index in [0.29, 0.717) is 39.3 Å². The van der Waals surface area contributed by atoms with Gasteiger partial charge in [0.05, 0.1) is 39.6 Å². The summed E-state index contributed by atoms with van der Waals surface area (Å²) < 4.78 is 20.0. The molecular formula is C16H24O6. The van der Waals surface area contributed by atoms with Gasteiger partial charge in [-0.05, 0) is 0 Å². The van der Waals surface area contributed by atoms with Crippen LogP contribution in [0.2, 0.25) is 0 Å². The van der Waals surface area contributed by atoms with Crippen LogP contribution < -0.4 is 0 Å². The molecule has 0 radical (unpaired) electrons. The zero-order valence-corrected chi connectivity index (χ0v) is 12.8. The maximum absolute atomic E-state index is 11.3. The first-order chi connectivity index (χ1) is 10.7. The van der Waals surface area contributed by atoms with Crippen LogP contribution in [0.4, 0.5) is 0 Å². The van der Waals surface area contributed by atoms with E-state index in [9.17, 15) is 9.59 Å². The van der Waals surface area contributed by atoms with Crippen LogP contribution in [0.3, 0.4) is 0 Å². The van der Waals surface area contributed by atoms with Crippen LogP contribution in [0.15, 0.2) is 37.5 Å². The van der Waals surface area contributed by atoms with E-state index in [1.165, 1.54) is 0 Å². The summed E-state index contributed by atoms with van der Waals surface area (Å²) in [7, 11) is 0. The molecule has 0 saturated heterocycles. The Hall–Kier alpha value is -1.92. The summed E-state index contributed by atoms with van der Waals surface area (Å²) in [6.45, 7) is 9.40. The molecule has 0 spiro atoms. The fraction of sp³-hybridized carbons (Fsp3) is 0.500. The Bertz CT molecular complexity index is 328. The number of hydrogen-bond donors (Lipinski definition) is 0. The molecule has 0 heterocycles. The second kappa shape index (κ2) is 15.5. The normalized spacial score (nSPS) is 10.4. The number of rotatable bonds is 14. The molecule has 0 rings (SSSR count). The molecular weight excluding hydrogens is 288 g/mol. The Morgan fingerprint density at radius 2 is 1.14 bits per heavy atom. The van der Waals surface area contributed by atoms with E-state index in [0.717, 1.165) is 12.2 Å². The van der Waals surface area contributed by atoms with Gasteiger partial charge in [0.15, 0.2) is 0 Å². The second-order valence-corrected chi connectivity index (χ2v) is 4.10. The molecule has 0 fully saturated rings. The first-order valence-electron chi connectivity index (χ1n) is 7.09. The summed E-state index contributed by atoms with van der Waals surface area (Å²) in [4.78, 5) is 22.6. The molecule has 6 nitrogen and oxygen atoms in total. The van der Waals surface area contributed by atoms with E-state index in [2.05, 4.69) is 13.2 Å². The number of hydrogen-bond acceptors (Lipinski definition) is 6. The number of ether oxygens (including phenoxy) is 4. The monoisotopic (exact) mass is 312 g/mol. The van der Waals surface area contributed by atoms with Crippen LogP contribution in [0.25, 0.3) is 0 Å². The summed E-state index contributed by atoms with van der Waals surface area (Å²) in [6.07, 6.45) is 6.55. The Balaban J connectivity index is 3.54. The molecule has 0 aromatic rings. The molecule has 22 heavy (non-hydrogen) atoms. The molecule has 6 heteroatoms. The third-order valence-corrected chi connectivity index (χ3v) is 2.18. The van der Waals surface area contributed by atoms with Gasteiger partial charge in [0.25, 0.3) is 0 Å². The van der Waals surface area contributed by atoms with Gasteiger partial charge in [-0.15, -0.1) is 13.2 Å². The second-order valence-electron chi connectivity index (χ2n) is 4.10. The Morgan fingerprint density at radius 1 is 0.727 bits per heavy atom. The Morgan fingerprint density at radius 3 is 1.50 bits per heavy atom. The molecule has 0 saturated carbocycles. The van der Waals surface area contributed by atoms with Crippen molar-refractivity contribution in [2.24, 2.45) is 0 Å². The van der Waals surface area contributed by atoms with Crippen molar-refractivity contribution in [2.45, 2.75) is 12.8 Å². The van der Waals surface area contributed by atoms with Gasteiger partial charge >= 0.3 is 11.9 Å². The first-order valence-corrected chi connectivity index (χ1v) is 7.09. The Labute approximate surface area is 131 Å². The molecule has 124 valence electrons. The lowest BCUT2D eigenvalue weighted by Crippen LogP contribution is -2.08. The third kappa shape index (κ3) is 14.5. The topological polar surface area (TPSA) is 71.1 Å². The van der Waals surface area contributed by atoms with Crippen LogP contribution in [-0.4, -0.2) is 51.6 Å². The van der Waals surface area contributed by atoms with Crippen molar-refractivity contribution in [3.05, 3.63) is 37.5 Å². The van der Waals surface area contributed by atoms with Crippen molar-refractivity contribution in [3.63, 3.8) is 0 Å². The molecule has 0 aromatic heterocycles. The molecule has 0 amide bonds. The van der Waals surface area contributed by atoms with Crippen LogP contribution in [-0.2, 0) is 28.5 Å². The maximum atomic E-state index is 11.3. The molecule has 0 aliphatic heterocycles. The predicted molar refractivity (Wildman–Crippen MR) is 82.3 cm³/mol. The van der Waals surface area contributed by atoms with Crippen molar-refractivity contribution in [1.82, 2.24) is 0 Å². The maximum Gasteiger partial charge on any atom is 0.331 e. The zero-order valence-electron chi connectivity index (χ0n) is 12.8. The quantitative estimate of drug-likeness (QED) is 0.211. The lowest BCUT2D eigenvalue weighted by atomic mass is 10.4. The third-order valence-electron chi connectivity index (χ3n) is 2.18. The lowest BCUT2D eigenvalue weighted by molar-refractivity contribution is -0.140. The van der Waals surface area contributed by atoms with Gasteiger partial charge in [-0.1, -0.05) is 12.2 Å². The van der Waals surface area contributed by atoms with Crippen LogP contribution in [0.1, 0.15) is 12.8 Å². The average Bonchev–Trinajstić information content (AvgIpc) is 2.52. The molecule has 0 atom stereocenters. The van der Waals surface area contributed by atoms with Gasteiger partial charge < -0.3 is 18.9 Å². The SMILES string of the molecule is C=CCOCCCOC(=O)/C=C/C(=O)OCCCOCC=C. The van der Waals surface area contributed by atoms with E-state index in [1.807, 2.05) is 0 Å². The summed E-state index contributed by atoms with van der Waals surface area (Å²) in [5.41, 5.74) is 0. The van der Waals surface area contributed by atoms with E-state index in [-0.39, 0.29) is 13.2 Å². The van der Waals surface area contributed by atoms with Crippen molar-refractivity contribution >= 4 is 11.9 Å². The lowest BCUT2D eigenvalue weighted by Gasteiger charge is -2.03. The molecule has 0 aliphatic carbocycles. The van der Waals surface area contributed by atoms with E-state index in [1.54, 1.807) is 12.2 Å². The van der Waals surface area contributed by atoms with E-state index in [4.69, 9.17) is 18.9 Å². The minimum Gasteiger partial charge on any atom is -0.462 e. The highest BCUT2D eigenvalue weighted by Crippen LogP contribution is 1.91. The van der Waals surface area contributed by atoms with Crippen molar-refractivity contribution in [1.29, 1.82) is 0 Å². The molecule has 0 aliphatic rings. The van der Waals surface area contributed by atoms with Crippen LogP contribution >= 0.6 is 0 Å². The number of carbonyl (C=O) groups excluding carboxylic acids is 2. The summed E-state index contributed by atoms with van der Waals surface area (Å²) in [5, 5.41) is 0. The fourth-order valence-electron chi connectivity index (χ4n) is 1.23. The van der Waals surface area contributed by atoms with Crippen LogP contribution in [0, 0.1) is 0 Å². The van der Waals surface area contributed by atoms with Gasteiger partial charge in [-0.3, -0.25) is 0 Å². The van der Waals surface area contributed by atoms with Gasteiger partial charge in [0, 0.05) is 25.0 Å². The highest BCUT2D eigenvalue weighted by Gasteiger charge is 2.01. The molecule has 0 unspecified atom stereocenters. The molecule has 0 aromatic carbocycles. The van der Waals surface area contributed by atoms with E-state index < -0.39 is 11.9 Å². The van der Waals surface area contributed by atoms with E-state index >= 15 is 0 Å². The van der Waals surface area contributed by atoms with Gasteiger partial charge in [0.1, 0.15) is 0 Å². The van der Waals surface area contributed by atoms with Crippen molar-refractivity contribution in [3.8, 4) is 0 Å². The fourth-order valence-corrected chi connectivity index (χ4v) is 1.23. The first kappa shape index (κ1) is 20.1. The van der Waals surface area contributed by atoms with Gasteiger partial charge in [-0.2, -0.15) is 0 Å².